The highest BCUT2D eigenvalue weighted by molar-refractivity contribution is 6.33. The second-order valence-electron chi connectivity index (χ2n) is 8.15. The summed E-state index contributed by atoms with van der Waals surface area (Å²) in [4.78, 5) is 19.1. The molecule has 4 rings (SSSR count). The first kappa shape index (κ1) is 21.9. The monoisotopic (exact) mass is 448 g/mol. The molecule has 0 radical (unpaired) electrons. The van der Waals surface area contributed by atoms with Gasteiger partial charge in [0.1, 0.15) is 17.7 Å². The summed E-state index contributed by atoms with van der Waals surface area (Å²) >= 11 is 6.63. The van der Waals surface area contributed by atoms with Crippen LogP contribution in [0, 0.1) is 32.1 Å². The smallest absolute Gasteiger partial charge is 0.258 e. The Morgan fingerprint density at radius 1 is 1.09 bits per heavy atom. The fourth-order valence-electron chi connectivity index (χ4n) is 4.19. The van der Waals surface area contributed by atoms with Crippen molar-refractivity contribution in [3.63, 3.8) is 0 Å². The number of anilines is 1. The Morgan fingerprint density at radius 2 is 1.84 bits per heavy atom. The van der Waals surface area contributed by atoms with Crippen molar-refractivity contribution in [2.75, 3.05) is 18.0 Å². The van der Waals surface area contributed by atoms with Gasteiger partial charge in [-0.3, -0.25) is 9.36 Å². The van der Waals surface area contributed by atoms with Crippen LogP contribution in [0.5, 0.6) is 5.75 Å². The lowest BCUT2D eigenvalue weighted by molar-refractivity contribution is 0.171. The molecule has 0 saturated carbocycles. The van der Waals surface area contributed by atoms with Gasteiger partial charge in [0.25, 0.3) is 5.56 Å². The van der Waals surface area contributed by atoms with Crippen molar-refractivity contribution in [1.82, 2.24) is 9.55 Å². The molecule has 0 aliphatic carbocycles. The summed E-state index contributed by atoms with van der Waals surface area (Å²) in [6.45, 7) is 7.19. The van der Waals surface area contributed by atoms with Crippen LogP contribution in [0.2, 0.25) is 5.02 Å². The zero-order valence-corrected chi connectivity index (χ0v) is 19.2. The van der Waals surface area contributed by atoms with Gasteiger partial charge < -0.3 is 9.64 Å². The van der Waals surface area contributed by atoms with E-state index in [4.69, 9.17) is 21.6 Å². The molecule has 1 aliphatic rings. The molecule has 32 heavy (non-hydrogen) atoms. The summed E-state index contributed by atoms with van der Waals surface area (Å²) in [7, 11) is 0. The number of nitrogens with zero attached hydrogens (tertiary/aromatic N) is 4. The largest absolute Gasteiger partial charge is 0.490 e. The van der Waals surface area contributed by atoms with Crippen LogP contribution in [0.3, 0.4) is 0 Å². The Kier molecular flexibility index (Phi) is 6.20. The number of ether oxygens (including phenoxy) is 1. The van der Waals surface area contributed by atoms with Crippen molar-refractivity contribution >= 4 is 17.3 Å². The summed E-state index contributed by atoms with van der Waals surface area (Å²) in [5.74, 6) is 1.43. The molecule has 0 amide bonds. The predicted octanol–water partition coefficient (Wildman–Crippen LogP) is 4.73. The lowest BCUT2D eigenvalue weighted by Gasteiger charge is -2.34. The third-order valence-electron chi connectivity index (χ3n) is 5.81. The number of nitriles is 1. The molecule has 0 atom stereocenters. The Balaban J connectivity index is 1.45. The van der Waals surface area contributed by atoms with Crippen LogP contribution in [0.1, 0.15) is 35.5 Å². The summed E-state index contributed by atoms with van der Waals surface area (Å²) in [6.07, 6.45) is 1.87. The third kappa shape index (κ3) is 4.49. The summed E-state index contributed by atoms with van der Waals surface area (Å²) < 4.78 is 7.72. The number of benzene rings is 2. The van der Waals surface area contributed by atoms with E-state index in [1.54, 1.807) is 10.6 Å². The molecule has 1 aliphatic heterocycles. The zero-order valence-electron chi connectivity index (χ0n) is 18.4. The normalized spacial score (nSPS) is 14.3. The molecule has 1 aromatic heterocycles. The summed E-state index contributed by atoms with van der Waals surface area (Å²) in [6, 6.07) is 15.0. The fraction of sp³-hybridized carbons (Fsp3) is 0.320. The molecular formula is C25H25ClN4O2. The van der Waals surface area contributed by atoms with E-state index in [0.717, 1.165) is 42.9 Å². The Morgan fingerprint density at radius 3 is 2.47 bits per heavy atom. The van der Waals surface area contributed by atoms with Crippen molar-refractivity contribution in [3.8, 4) is 17.5 Å². The van der Waals surface area contributed by atoms with E-state index in [9.17, 15) is 4.79 Å². The van der Waals surface area contributed by atoms with Gasteiger partial charge in [0.15, 0.2) is 0 Å². The number of aryl methyl sites for hydroxylation is 3. The molecule has 0 N–H and O–H groups in total. The van der Waals surface area contributed by atoms with E-state index in [1.165, 1.54) is 6.07 Å². The minimum atomic E-state index is -0.116. The van der Waals surface area contributed by atoms with Gasteiger partial charge in [0.05, 0.1) is 28.0 Å². The van der Waals surface area contributed by atoms with Crippen molar-refractivity contribution < 1.29 is 4.74 Å². The van der Waals surface area contributed by atoms with Crippen LogP contribution in [-0.4, -0.2) is 28.7 Å². The lowest BCUT2D eigenvalue weighted by atomic mass is 10.1. The van der Waals surface area contributed by atoms with E-state index in [1.807, 2.05) is 51.1 Å². The summed E-state index contributed by atoms with van der Waals surface area (Å²) in [5, 5.41) is 9.69. The zero-order chi connectivity index (χ0) is 22.8. The van der Waals surface area contributed by atoms with Crippen molar-refractivity contribution in [3.05, 3.63) is 80.5 Å². The van der Waals surface area contributed by atoms with E-state index in [2.05, 4.69) is 16.0 Å². The first-order valence-corrected chi connectivity index (χ1v) is 11.0. The topological polar surface area (TPSA) is 71.2 Å². The standard InChI is InChI=1S/C25H25ClN4O2/c1-16-12-22(6-4-19(16)15-27)32-21-8-10-29(11-9-21)24-7-5-20(14-23(24)26)30-18(3)28-17(2)13-25(30)31/h4-7,12-14,21H,8-11H2,1-3H3. The quantitative estimate of drug-likeness (QED) is 0.577. The highest BCUT2D eigenvalue weighted by Crippen LogP contribution is 2.31. The molecule has 0 bridgehead atoms. The third-order valence-corrected chi connectivity index (χ3v) is 6.11. The van der Waals surface area contributed by atoms with Crippen molar-refractivity contribution in [2.24, 2.45) is 0 Å². The van der Waals surface area contributed by atoms with Gasteiger partial charge in [-0.2, -0.15) is 5.26 Å². The Labute approximate surface area is 192 Å². The molecule has 1 saturated heterocycles. The van der Waals surface area contributed by atoms with Gasteiger partial charge in [0, 0.05) is 37.7 Å². The fourth-order valence-corrected chi connectivity index (χ4v) is 4.48. The molecule has 7 heteroatoms. The highest BCUT2D eigenvalue weighted by Gasteiger charge is 2.23. The molecule has 0 spiro atoms. The van der Waals surface area contributed by atoms with Crippen molar-refractivity contribution in [1.29, 1.82) is 5.26 Å². The molecule has 3 aromatic rings. The first-order valence-electron chi connectivity index (χ1n) is 10.7. The number of halogens is 1. The van der Waals surface area contributed by atoms with Crippen LogP contribution in [0.4, 0.5) is 5.69 Å². The molecule has 2 aromatic carbocycles. The van der Waals surface area contributed by atoms with Gasteiger partial charge in [-0.25, -0.2) is 4.98 Å². The van der Waals surface area contributed by atoms with E-state index < -0.39 is 0 Å². The van der Waals surface area contributed by atoms with E-state index in [-0.39, 0.29) is 11.7 Å². The van der Waals surface area contributed by atoms with Crippen LogP contribution < -0.4 is 15.2 Å². The number of hydrogen-bond acceptors (Lipinski definition) is 5. The SMILES string of the molecule is Cc1cc(=O)n(-c2ccc(N3CCC(Oc4ccc(C#N)c(C)c4)CC3)c(Cl)c2)c(C)n1. The molecule has 2 heterocycles. The maximum Gasteiger partial charge on any atom is 0.258 e. The van der Waals surface area contributed by atoms with Crippen LogP contribution in [0.15, 0.2) is 47.3 Å². The van der Waals surface area contributed by atoms with Gasteiger partial charge in [-0.05, 0) is 62.7 Å². The molecule has 1 fully saturated rings. The second-order valence-corrected chi connectivity index (χ2v) is 8.55. The van der Waals surface area contributed by atoms with Gasteiger partial charge in [0.2, 0.25) is 0 Å². The minimum Gasteiger partial charge on any atom is -0.490 e. The van der Waals surface area contributed by atoms with Gasteiger partial charge in [-0.1, -0.05) is 11.6 Å². The van der Waals surface area contributed by atoms with Crippen LogP contribution >= 0.6 is 11.6 Å². The minimum absolute atomic E-state index is 0.116. The van der Waals surface area contributed by atoms with E-state index >= 15 is 0 Å². The van der Waals surface area contributed by atoms with Crippen LogP contribution in [-0.2, 0) is 0 Å². The lowest BCUT2D eigenvalue weighted by Crippen LogP contribution is -2.38. The predicted molar refractivity (Wildman–Crippen MR) is 126 cm³/mol. The maximum absolute atomic E-state index is 12.4. The van der Waals surface area contributed by atoms with Gasteiger partial charge in [-0.15, -0.1) is 0 Å². The molecule has 0 unspecified atom stereocenters. The second kappa shape index (κ2) is 9.05. The Hall–Kier alpha value is -3.30. The maximum atomic E-state index is 12.4. The number of aromatic nitrogens is 2. The average Bonchev–Trinajstić information content (AvgIpc) is 2.74. The first-order chi connectivity index (χ1) is 15.4. The summed E-state index contributed by atoms with van der Waals surface area (Å²) in [5.41, 5.74) is 3.84. The molecule has 6 nitrogen and oxygen atoms in total. The van der Waals surface area contributed by atoms with Crippen LogP contribution in [0.25, 0.3) is 5.69 Å². The number of piperidine rings is 1. The van der Waals surface area contributed by atoms with Crippen molar-refractivity contribution in [2.45, 2.75) is 39.7 Å². The molecular weight excluding hydrogens is 424 g/mol. The molecule has 164 valence electrons. The number of rotatable bonds is 4. The highest BCUT2D eigenvalue weighted by atomic mass is 35.5. The Bertz CT molecular complexity index is 1250. The number of hydrogen-bond donors (Lipinski definition) is 0. The average molecular weight is 449 g/mol. The van der Waals surface area contributed by atoms with Gasteiger partial charge >= 0.3 is 0 Å². The van der Waals surface area contributed by atoms with E-state index in [0.29, 0.717) is 27.8 Å².